The molecule has 150 valence electrons. The van der Waals surface area contributed by atoms with Crippen LogP contribution in [0.25, 0.3) is 0 Å². The third-order valence-electron chi connectivity index (χ3n) is 6.60. The fourth-order valence-corrected chi connectivity index (χ4v) is 3.93. The SMILES string of the molecule is CCCCCCCCCCC[N+]1(C)CC[N+](C)(C)CC[N+](C)(C)CC1. The molecule has 0 amide bonds. The number of nitrogens with zero attached hydrogens (tertiary/aromatic N) is 3. The molecule has 0 atom stereocenters. The number of hydrogen-bond acceptors (Lipinski definition) is 0. The topological polar surface area (TPSA) is 0 Å². The second kappa shape index (κ2) is 10.9. The normalized spacial score (nSPS) is 22.8. The van der Waals surface area contributed by atoms with Crippen molar-refractivity contribution in [1.29, 1.82) is 0 Å². The lowest BCUT2D eigenvalue weighted by Crippen LogP contribution is -2.54. The van der Waals surface area contributed by atoms with Crippen molar-refractivity contribution in [3.8, 4) is 0 Å². The summed E-state index contributed by atoms with van der Waals surface area (Å²) in [7, 11) is 12.2. The van der Waals surface area contributed by atoms with E-state index < -0.39 is 0 Å². The van der Waals surface area contributed by atoms with Crippen molar-refractivity contribution in [2.75, 3.05) is 81.1 Å². The first-order valence-electron chi connectivity index (χ1n) is 11.2. The number of rotatable bonds is 10. The molecule has 0 radical (unpaired) electrons. The molecule has 1 aliphatic heterocycles. The van der Waals surface area contributed by atoms with Crippen molar-refractivity contribution in [2.24, 2.45) is 0 Å². The van der Waals surface area contributed by atoms with E-state index in [0.29, 0.717) is 0 Å². The smallest absolute Gasteiger partial charge is 0.128 e. The maximum Gasteiger partial charge on any atom is 0.128 e. The fourth-order valence-electron chi connectivity index (χ4n) is 3.93. The van der Waals surface area contributed by atoms with Crippen molar-refractivity contribution < 1.29 is 13.4 Å². The summed E-state index contributed by atoms with van der Waals surface area (Å²) < 4.78 is 3.67. The first kappa shape index (κ1) is 22.9. The largest absolute Gasteiger partial charge is 0.319 e. The molecule has 0 aliphatic carbocycles. The van der Waals surface area contributed by atoms with Gasteiger partial charge >= 0.3 is 0 Å². The Hall–Kier alpha value is -0.120. The summed E-state index contributed by atoms with van der Waals surface area (Å²) in [4.78, 5) is 0. The lowest BCUT2D eigenvalue weighted by molar-refractivity contribution is -0.955. The minimum atomic E-state index is 1.19. The van der Waals surface area contributed by atoms with Crippen LogP contribution < -0.4 is 0 Å². The minimum Gasteiger partial charge on any atom is -0.319 e. The monoisotopic (exact) mass is 356 g/mol. The highest BCUT2D eigenvalue weighted by Gasteiger charge is 2.33. The van der Waals surface area contributed by atoms with Crippen molar-refractivity contribution in [3.63, 3.8) is 0 Å². The summed E-state index contributed by atoms with van der Waals surface area (Å²) in [5.41, 5.74) is 0. The third kappa shape index (κ3) is 10.6. The molecule has 1 heterocycles. The van der Waals surface area contributed by atoms with Crippen LogP contribution >= 0.6 is 0 Å². The highest BCUT2D eigenvalue weighted by Crippen LogP contribution is 2.15. The van der Waals surface area contributed by atoms with E-state index in [1.807, 2.05) is 0 Å². The standard InChI is InChI=1S/C22H50N3/c1-7-8-9-10-11-12-13-14-15-16-25(6)21-19-23(2,3)17-18-24(4,5)20-22-25/h7-22H2,1-6H3/q+3. The molecule has 1 saturated heterocycles. The number of hydrogen-bond donors (Lipinski definition) is 0. The Labute approximate surface area is 159 Å². The fraction of sp³-hybridized carbons (Fsp3) is 1.00. The molecular formula is C22H50N3+3. The lowest BCUT2D eigenvalue weighted by Gasteiger charge is -2.37. The van der Waals surface area contributed by atoms with E-state index >= 15 is 0 Å². The molecule has 0 bridgehead atoms. The quantitative estimate of drug-likeness (QED) is 0.408. The Morgan fingerprint density at radius 2 is 0.840 bits per heavy atom. The van der Waals surface area contributed by atoms with Gasteiger partial charge in [0.2, 0.25) is 0 Å². The van der Waals surface area contributed by atoms with E-state index in [1.54, 1.807) is 0 Å². The van der Waals surface area contributed by atoms with Crippen LogP contribution in [0.3, 0.4) is 0 Å². The highest BCUT2D eigenvalue weighted by atomic mass is 15.4. The van der Waals surface area contributed by atoms with Crippen molar-refractivity contribution in [1.82, 2.24) is 0 Å². The van der Waals surface area contributed by atoms with Crippen LogP contribution in [0.1, 0.15) is 64.7 Å². The van der Waals surface area contributed by atoms with Crippen LogP contribution in [0, 0.1) is 0 Å². The maximum atomic E-state index is 2.52. The Balaban J connectivity index is 2.31. The number of likely N-dealkylation sites (N-methyl/N-ethyl adjacent to an activating group) is 3. The van der Waals surface area contributed by atoms with Crippen molar-refractivity contribution in [3.05, 3.63) is 0 Å². The molecule has 1 fully saturated rings. The van der Waals surface area contributed by atoms with Crippen LogP contribution in [0.2, 0.25) is 0 Å². The van der Waals surface area contributed by atoms with E-state index in [0.717, 1.165) is 0 Å². The van der Waals surface area contributed by atoms with E-state index in [4.69, 9.17) is 0 Å². The van der Waals surface area contributed by atoms with E-state index in [-0.39, 0.29) is 0 Å². The van der Waals surface area contributed by atoms with Crippen LogP contribution in [0.4, 0.5) is 0 Å². The zero-order chi connectivity index (χ0) is 18.8. The molecule has 0 unspecified atom stereocenters. The van der Waals surface area contributed by atoms with Gasteiger partial charge in [-0.15, -0.1) is 0 Å². The average molecular weight is 357 g/mol. The predicted octanol–water partition coefficient (Wildman–Crippen LogP) is 4.13. The Kier molecular flexibility index (Phi) is 9.98. The van der Waals surface area contributed by atoms with E-state index in [9.17, 15) is 0 Å². The Morgan fingerprint density at radius 3 is 1.28 bits per heavy atom. The van der Waals surface area contributed by atoms with Gasteiger partial charge in [-0.25, -0.2) is 0 Å². The Morgan fingerprint density at radius 1 is 0.480 bits per heavy atom. The minimum absolute atomic E-state index is 1.19. The summed E-state index contributed by atoms with van der Waals surface area (Å²) in [6, 6.07) is 0. The summed E-state index contributed by atoms with van der Waals surface area (Å²) in [5.74, 6) is 0. The van der Waals surface area contributed by atoms with Crippen LogP contribution in [0.5, 0.6) is 0 Å². The summed E-state index contributed by atoms with van der Waals surface area (Å²) in [6.07, 6.45) is 12.9. The highest BCUT2D eigenvalue weighted by molar-refractivity contribution is 4.50. The van der Waals surface area contributed by atoms with Gasteiger partial charge in [-0.1, -0.05) is 51.9 Å². The number of quaternary nitrogens is 3. The average Bonchev–Trinajstić information content (AvgIpc) is 2.59. The molecule has 25 heavy (non-hydrogen) atoms. The summed E-state index contributed by atoms with van der Waals surface area (Å²) in [5, 5.41) is 0. The van der Waals surface area contributed by atoms with Gasteiger partial charge in [0.25, 0.3) is 0 Å². The molecule has 3 nitrogen and oxygen atoms in total. The molecule has 0 N–H and O–H groups in total. The maximum absolute atomic E-state index is 2.52. The van der Waals surface area contributed by atoms with Gasteiger partial charge in [0.1, 0.15) is 39.3 Å². The van der Waals surface area contributed by atoms with Crippen LogP contribution in [-0.2, 0) is 0 Å². The number of unbranched alkanes of at least 4 members (excludes halogenated alkanes) is 8. The first-order valence-corrected chi connectivity index (χ1v) is 11.2. The van der Waals surface area contributed by atoms with E-state index in [1.165, 1.54) is 117 Å². The molecule has 1 rings (SSSR count). The molecule has 0 saturated carbocycles. The van der Waals surface area contributed by atoms with Crippen molar-refractivity contribution >= 4 is 0 Å². The molecule has 0 aromatic rings. The van der Waals surface area contributed by atoms with Crippen LogP contribution in [-0.4, -0.2) is 94.5 Å². The van der Waals surface area contributed by atoms with Gasteiger partial charge in [0.15, 0.2) is 0 Å². The second-order valence-electron chi connectivity index (χ2n) is 10.4. The van der Waals surface area contributed by atoms with Gasteiger partial charge in [-0.2, -0.15) is 0 Å². The second-order valence-corrected chi connectivity index (χ2v) is 10.4. The molecule has 0 spiro atoms. The molecule has 0 aromatic carbocycles. The van der Waals surface area contributed by atoms with Gasteiger partial charge in [-0.05, 0) is 12.8 Å². The first-order chi connectivity index (χ1) is 11.7. The summed E-state index contributed by atoms with van der Waals surface area (Å²) >= 11 is 0. The third-order valence-corrected chi connectivity index (χ3v) is 6.60. The van der Waals surface area contributed by atoms with Crippen molar-refractivity contribution in [2.45, 2.75) is 64.7 Å². The molecule has 0 aromatic heterocycles. The van der Waals surface area contributed by atoms with Crippen LogP contribution in [0.15, 0.2) is 0 Å². The Bertz CT molecular complexity index is 329. The van der Waals surface area contributed by atoms with Gasteiger partial charge < -0.3 is 13.4 Å². The molecular weight excluding hydrogens is 306 g/mol. The lowest BCUT2D eigenvalue weighted by atomic mass is 10.1. The van der Waals surface area contributed by atoms with Gasteiger partial charge in [0, 0.05) is 0 Å². The predicted molar refractivity (Wildman–Crippen MR) is 112 cm³/mol. The van der Waals surface area contributed by atoms with E-state index in [2.05, 4.69) is 42.2 Å². The van der Waals surface area contributed by atoms with Gasteiger partial charge in [-0.3, -0.25) is 0 Å². The summed E-state index contributed by atoms with van der Waals surface area (Å²) in [6.45, 7) is 11.7. The zero-order valence-electron chi connectivity index (χ0n) is 18.7. The zero-order valence-corrected chi connectivity index (χ0v) is 18.7. The molecule has 1 aliphatic rings. The van der Waals surface area contributed by atoms with Gasteiger partial charge in [0.05, 0.1) is 41.8 Å². The molecule has 3 heteroatoms.